The molecule has 0 spiro atoms. The van der Waals surface area contributed by atoms with Crippen LogP contribution in [0.4, 0.5) is 0 Å². The summed E-state index contributed by atoms with van der Waals surface area (Å²) >= 11 is 5.50. The fourth-order valence-electron chi connectivity index (χ4n) is 0.876. The zero-order valence-corrected chi connectivity index (χ0v) is 9.89. The molecule has 0 fully saturated rings. The van der Waals surface area contributed by atoms with E-state index in [9.17, 15) is 0 Å². The summed E-state index contributed by atoms with van der Waals surface area (Å²) in [5.41, 5.74) is 7.11. The van der Waals surface area contributed by atoms with Crippen molar-refractivity contribution >= 4 is 38.5 Å². The molecule has 4 heteroatoms. The Kier molecular flexibility index (Phi) is 3.50. The van der Waals surface area contributed by atoms with Crippen molar-refractivity contribution in [3.63, 3.8) is 0 Å². The molecule has 0 aliphatic rings. The molecule has 62 valence electrons. The van der Waals surface area contributed by atoms with Crippen molar-refractivity contribution in [2.45, 2.75) is 6.54 Å². The summed E-state index contributed by atoms with van der Waals surface area (Å²) in [7, 11) is 0. The average molecular weight is 337 g/mol. The molecule has 0 amide bonds. The molecular weight excluding hydrogens is 331 g/mol. The van der Waals surface area contributed by atoms with Crippen LogP contribution < -0.4 is 5.73 Å². The molecule has 0 aliphatic heterocycles. The van der Waals surface area contributed by atoms with E-state index >= 15 is 0 Å². The van der Waals surface area contributed by atoms with Gasteiger partial charge in [0.25, 0.3) is 0 Å². The van der Waals surface area contributed by atoms with Gasteiger partial charge in [0.05, 0.1) is 5.56 Å². The Morgan fingerprint density at radius 1 is 1.58 bits per heavy atom. The molecule has 0 saturated heterocycles. The van der Waals surface area contributed by atoms with E-state index in [1.807, 2.05) is 12.1 Å². The molecule has 0 bridgehead atoms. The minimum absolute atomic E-state index is 0.451. The Balaban J connectivity index is 3.34. The lowest BCUT2D eigenvalue weighted by molar-refractivity contribution is 1.06. The number of nitriles is 1. The molecule has 2 N–H and O–H groups in total. The van der Waals surface area contributed by atoms with Gasteiger partial charge in [0.1, 0.15) is 6.07 Å². The molecule has 1 rings (SSSR count). The van der Waals surface area contributed by atoms with E-state index in [1.165, 1.54) is 0 Å². The van der Waals surface area contributed by atoms with Crippen LogP contribution in [-0.4, -0.2) is 0 Å². The largest absolute Gasteiger partial charge is 0.326 e. The first-order valence-corrected chi connectivity index (χ1v) is 5.14. The van der Waals surface area contributed by atoms with Gasteiger partial charge in [-0.1, -0.05) is 0 Å². The zero-order valence-electron chi connectivity index (χ0n) is 6.14. The predicted molar refractivity (Wildman–Crippen MR) is 59.5 cm³/mol. The van der Waals surface area contributed by atoms with Gasteiger partial charge >= 0.3 is 0 Å². The summed E-state index contributed by atoms with van der Waals surface area (Å²) in [6.45, 7) is 0.451. The maximum absolute atomic E-state index is 8.74. The average Bonchev–Trinajstić information content (AvgIpc) is 2.08. The summed E-state index contributed by atoms with van der Waals surface area (Å²) in [5.74, 6) is 0. The number of rotatable bonds is 1. The molecule has 1 aromatic carbocycles. The van der Waals surface area contributed by atoms with E-state index in [-0.39, 0.29) is 0 Å². The van der Waals surface area contributed by atoms with Crippen LogP contribution in [0.1, 0.15) is 11.1 Å². The molecule has 0 atom stereocenters. The molecule has 0 saturated carbocycles. The van der Waals surface area contributed by atoms with Crippen molar-refractivity contribution in [1.82, 2.24) is 0 Å². The van der Waals surface area contributed by atoms with Crippen LogP contribution in [0.25, 0.3) is 0 Å². The van der Waals surface area contributed by atoms with Gasteiger partial charge in [-0.3, -0.25) is 0 Å². The van der Waals surface area contributed by atoms with Gasteiger partial charge in [-0.2, -0.15) is 5.26 Å². The quantitative estimate of drug-likeness (QED) is 0.800. The van der Waals surface area contributed by atoms with Crippen molar-refractivity contribution in [2.75, 3.05) is 0 Å². The maximum atomic E-state index is 8.74. The van der Waals surface area contributed by atoms with Crippen LogP contribution in [-0.2, 0) is 6.54 Å². The second-order valence-corrected chi connectivity index (χ2v) is 4.28. The fourth-order valence-corrected chi connectivity index (χ4v) is 2.04. The first-order valence-electron chi connectivity index (χ1n) is 3.27. The van der Waals surface area contributed by atoms with Crippen molar-refractivity contribution in [3.05, 3.63) is 31.3 Å². The first kappa shape index (κ1) is 9.96. The Bertz CT molecular complexity index is 344. The molecule has 0 radical (unpaired) electrons. The van der Waals surface area contributed by atoms with Crippen LogP contribution in [0, 0.1) is 14.9 Å². The number of halogens is 2. The molecule has 0 aliphatic carbocycles. The third-order valence-electron chi connectivity index (χ3n) is 1.45. The van der Waals surface area contributed by atoms with Gasteiger partial charge in [-0.05, 0) is 56.2 Å². The Labute approximate surface area is 93.0 Å². The Morgan fingerprint density at radius 3 is 2.75 bits per heavy atom. The summed E-state index contributed by atoms with van der Waals surface area (Å²) in [6.07, 6.45) is 0. The van der Waals surface area contributed by atoms with Crippen LogP contribution >= 0.6 is 38.5 Å². The minimum atomic E-state index is 0.451. The predicted octanol–water partition coefficient (Wildman–Crippen LogP) is 2.38. The first-order chi connectivity index (χ1) is 5.69. The molecular formula is C8H6BrIN2. The third-order valence-corrected chi connectivity index (χ3v) is 3.01. The highest BCUT2D eigenvalue weighted by molar-refractivity contribution is 14.1. The lowest BCUT2D eigenvalue weighted by Gasteiger charge is -2.03. The van der Waals surface area contributed by atoms with Crippen LogP contribution in [0.5, 0.6) is 0 Å². The van der Waals surface area contributed by atoms with E-state index in [0.29, 0.717) is 12.1 Å². The minimum Gasteiger partial charge on any atom is -0.326 e. The Morgan fingerprint density at radius 2 is 2.25 bits per heavy atom. The van der Waals surface area contributed by atoms with Crippen molar-refractivity contribution in [1.29, 1.82) is 5.26 Å². The van der Waals surface area contributed by atoms with E-state index in [1.54, 1.807) is 0 Å². The monoisotopic (exact) mass is 336 g/mol. The second-order valence-electron chi connectivity index (χ2n) is 2.24. The van der Waals surface area contributed by atoms with Crippen molar-refractivity contribution in [2.24, 2.45) is 5.73 Å². The molecule has 0 heterocycles. The highest BCUT2D eigenvalue weighted by Crippen LogP contribution is 2.23. The van der Waals surface area contributed by atoms with Gasteiger partial charge in [0.15, 0.2) is 0 Å². The van der Waals surface area contributed by atoms with E-state index < -0.39 is 0 Å². The molecule has 0 unspecified atom stereocenters. The number of hydrogen-bond donors (Lipinski definition) is 1. The molecule has 12 heavy (non-hydrogen) atoms. The lowest BCUT2D eigenvalue weighted by atomic mass is 10.1. The standard InChI is InChI=1S/C8H6BrIN2/c9-8-5(3-11)1-7(10)2-6(8)4-12/h1-2H,3,11H2. The summed E-state index contributed by atoms with van der Waals surface area (Å²) < 4.78 is 1.85. The SMILES string of the molecule is N#Cc1cc(I)cc(CN)c1Br. The topological polar surface area (TPSA) is 49.8 Å². The lowest BCUT2D eigenvalue weighted by Crippen LogP contribution is -1.99. The van der Waals surface area contributed by atoms with Gasteiger partial charge in [-0.25, -0.2) is 0 Å². The third kappa shape index (κ3) is 1.97. The fraction of sp³-hybridized carbons (Fsp3) is 0.125. The molecule has 1 aromatic rings. The summed E-state index contributed by atoms with van der Waals surface area (Å²) in [6, 6.07) is 5.89. The smallest absolute Gasteiger partial charge is 0.100 e. The summed E-state index contributed by atoms with van der Waals surface area (Å²) in [4.78, 5) is 0. The number of nitrogens with two attached hydrogens (primary N) is 1. The normalized spacial score (nSPS) is 9.50. The van der Waals surface area contributed by atoms with E-state index in [2.05, 4.69) is 44.6 Å². The van der Waals surface area contributed by atoms with Gasteiger partial charge in [0.2, 0.25) is 0 Å². The zero-order chi connectivity index (χ0) is 9.14. The number of benzene rings is 1. The van der Waals surface area contributed by atoms with Crippen LogP contribution in [0.3, 0.4) is 0 Å². The second kappa shape index (κ2) is 4.21. The number of nitrogens with zero attached hydrogens (tertiary/aromatic N) is 1. The van der Waals surface area contributed by atoms with Gasteiger partial charge in [-0.15, -0.1) is 0 Å². The van der Waals surface area contributed by atoms with E-state index in [0.717, 1.165) is 13.6 Å². The van der Waals surface area contributed by atoms with Crippen LogP contribution in [0.15, 0.2) is 16.6 Å². The van der Waals surface area contributed by atoms with E-state index in [4.69, 9.17) is 11.0 Å². The summed E-state index contributed by atoms with van der Waals surface area (Å²) in [5, 5.41) is 8.74. The highest BCUT2D eigenvalue weighted by Gasteiger charge is 2.05. The van der Waals surface area contributed by atoms with Gasteiger partial charge < -0.3 is 5.73 Å². The Hall–Kier alpha value is -0.120. The van der Waals surface area contributed by atoms with Crippen molar-refractivity contribution < 1.29 is 0 Å². The maximum Gasteiger partial charge on any atom is 0.100 e. The number of hydrogen-bond acceptors (Lipinski definition) is 2. The van der Waals surface area contributed by atoms with Crippen LogP contribution in [0.2, 0.25) is 0 Å². The molecule has 0 aromatic heterocycles. The highest BCUT2D eigenvalue weighted by atomic mass is 127. The van der Waals surface area contributed by atoms with Crippen molar-refractivity contribution in [3.8, 4) is 6.07 Å². The van der Waals surface area contributed by atoms with Gasteiger partial charge in [0, 0.05) is 14.6 Å². The molecule has 2 nitrogen and oxygen atoms in total.